The number of aliphatic hydroxyl groups excluding tert-OH is 1. The van der Waals surface area contributed by atoms with E-state index in [1.165, 1.54) is 0 Å². The zero-order valence-corrected chi connectivity index (χ0v) is 4.74. The SMILES string of the molecule is Nc1noc(CCO)n1. The van der Waals surface area contributed by atoms with Gasteiger partial charge in [0, 0.05) is 0 Å². The lowest BCUT2D eigenvalue weighted by Crippen LogP contribution is -1.91. The van der Waals surface area contributed by atoms with Crippen LogP contribution in [0.3, 0.4) is 0 Å². The number of aliphatic hydroxyl groups is 1. The number of nitrogen functional groups attached to an aromatic ring is 1. The van der Waals surface area contributed by atoms with Crippen LogP contribution < -0.4 is 5.73 Å². The van der Waals surface area contributed by atoms with Crippen molar-refractivity contribution < 1.29 is 9.63 Å². The second-order valence-corrected chi connectivity index (χ2v) is 1.52. The van der Waals surface area contributed by atoms with Gasteiger partial charge in [-0.05, 0) is 5.16 Å². The molecule has 0 saturated heterocycles. The number of hydrogen-bond acceptors (Lipinski definition) is 5. The number of rotatable bonds is 2. The Morgan fingerprint density at radius 1 is 1.67 bits per heavy atom. The van der Waals surface area contributed by atoms with Crippen molar-refractivity contribution in [3.63, 3.8) is 0 Å². The Morgan fingerprint density at radius 2 is 2.44 bits per heavy atom. The van der Waals surface area contributed by atoms with Gasteiger partial charge in [0.05, 0.1) is 13.0 Å². The van der Waals surface area contributed by atoms with Crippen molar-refractivity contribution in [2.24, 2.45) is 0 Å². The molecule has 1 rings (SSSR count). The summed E-state index contributed by atoms with van der Waals surface area (Å²) >= 11 is 0. The summed E-state index contributed by atoms with van der Waals surface area (Å²) in [5.41, 5.74) is 5.11. The quantitative estimate of drug-likeness (QED) is 0.545. The normalized spacial score (nSPS) is 9.89. The van der Waals surface area contributed by atoms with Gasteiger partial charge in [0.15, 0.2) is 0 Å². The standard InChI is InChI=1S/C4H7N3O2/c5-4-6-3(1-2-8)9-7-4/h8H,1-2H2,(H2,5,7). The van der Waals surface area contributed by atoms with Gasteiger partial charge < -0.3 is 15.4 Å². The highest BCUT2D eigenvalue weighted by Gasteiger charge is 1.99. The number of nitrogens with two attached hydrogens (primary N) is 1. The highest BCUT2D eigenvalue weighted by molar-refractivity contribution is 5.10. The van der Waals surface area contributed by atoms with Gasteiger partial charge in [-0.3, -0.25) is 0 Å². The van der Waals surface area contributed by atoms with E-state index in [-0.39, 0.29) is 12.6 Å². The first-order chi connectivity index (χ1) is 4.33. The van der Waals surface area contributed by atoms with Gasteiger partial charge in [-0.25, -0.2) is 0 Å². The molecule has 5 nitrogen and oxygen atoms in total. The Hall–Kier alpha value is -1.10. The molecular formula is C4H7N3O2. The second-order valence-electron chi connectivity index (χ2n) is 1.52. The summed E-state index contributed by atoms with van der Waals surface area (Å²) in [6.07, 6.45) is 0.365. The summed E-state index contributed by atoms with van der Waals surface area (Å²) in [6.45, 7) is 0.00162. The van der Waals surface area contributed by atoms with E-state index in [1.54, 1.807) is 0 Å². The van der Waals surface area contributed by atoms with Crippen LogP contribution in [0, 0.1) is 0 Å². The fourth-order valence-corrected chi connectivity index (χ4v) is 0.465. The Bertz CT molecular complexity index is 186. The molecule has 0 aromatic carbocycles. The zero-order chi connectivity index (χ0) is 6.69. The Balaban J connectivity index is 2.61. The summed E-state index contributed by atoms with van der Waals surface area (Å²) in [6, 6.07) is 0. The third kappa shape index (κ3) is 1.39. The molecule has 0 saturated carbocycles. The first-order valence-corrected chi connectivity index (χ1v) is 2.52. The van der Waals surface area contributed by atoms with Gasteiger partial charge in [-0.2, -0.15) is 4.98 Å². The third-order valence-electron chi connectivity index (χ3n) is 0.809. The minimum atomic E-state index is 0.00162. The van der Waals surface area contributed by atoms with Gasteiger partial charge >= 0.3 is 0 Å². The molecule has 0 fully saturated rings. The fourth-order valence-electron chi connectivity index (χ4n) is 0.465. The molecule has 0 bridgehead atoms. The van der Waals surface area contributed by atoms with Crippen molar-refractivity contribution in [2.75, 3.05) is 12.3 Å². The van der Waals surface area contributed by atoms with Crippen LogP contribution in [-0.2, 0) is 6.42 Å². The highest BCUT2D eigenvalue weighted by atomic mass is 16.5. The minimum absolute atomic E-state index is 0.00162. The maximum atomic E-state index is 8.36. The molecule has 0 aliphatic rings. The van der Waals surface area contributed by atoms with Gasteiger partial charge in [0.2, 0.25) is 5.89 Å². The lowest BCUT2D eigenvalue weighted by molar-refractivity contribution is 0.274. The van der Waals surface area contributed by atoms with E-state index in [9.17, 15) is 0 Å². The number of hydrogen-bond donors (Lipinski definition) is 2. The molecule has 0 radical (unpaired) electrons. The van der Waals surface area contributed by atoms with Crippen LogP contribution in [0.25, 0.3) is 0 Å². The van der Waals surface area contributed by atoms with Crippen LogP contribution in [-0.4, -0.2) is 21.9 Å². The van der Waals surface area contributed by atoms with Crippen LogP contribution in [0.1, 0.15) is 5.89 Å². The maximum absolute atomic E-state index is 8.36. The minimum Gasteiger partial charge on any atom is -0.396 e. The predicted molar refractivity (Wildman–Crippen MR) is 29.5 cm³/mol. The maximum Gasteiger partial charge on any atom is 0.260 e. The van der Waals surface area contributed by atoms with E-state index in [1.807, 2.05) is 0 Å². The van der Waals surface area contributed by atoms with Gasteiger partial charge in [-0.15, -0.1) is 0 Å². The number of aromatic nitrogens is 2. The van der Waals surface area contributed by atoms with Crippen LogP contribution in [0.5, 0.6) is 0 Å². The van der Waals surface area contributed by atoms with E-state index >= 15 is 0 Å². The van der Waals surface area contributed by atoms with Crippen molar-refractivity contribution in [1.29, 1.82) is 0 Å². The van der Waals surface area contributed by atoms with Crippen LogP contribution in [0.15, 0.2) is 4.52 Å². The molecule has 0 aliphatic heterocycles. The molecule has 1 aromatic rings. The molecule has 9 heavy (non-hydrogen) atoms. The summed E-state index contributed by atoms with van der Waals surface area (Å²) < 4.78 is 4.56. The molecule has 0 spiro atoms. The Morgan fingerprint density at radius 3 is 2.89 bits per heavy atom. The summed E-state index contributed by atoms with van der Waals surface area (Å²) in [7, 11) is 0. The van der Waals surface area contributed by atoms with Gasteiger partial charge in [0.25, 0.3) is 5.95 Å². The van der Waals surface area contributed by atoms with E-state index in [0.29, 0.717) is 12.3 Å². The first-order valence-electron chi connectivity index (χ1n) is 2.52. The molecule has 50 valence electrons. The first kappa shape index (κ1) is 6.03. The second kappa shape index (κ2) is 2.45. The smallest absolute Gasteiger partial charge is 0.260 e. The molecule has 0 unspecified atom stereocenters. The summed E-state index contributed by atoms with van der Waals surface area (Å²) in [5.74, 6) is 0.480. The molecule has 0 amide bonds. The number of anilines is 1. The van der Waals surface area contributed by atoms with E-state index in [0.717, 1.165) is 0 Å². The van der Waals surface area contributed by atoms with Gasteiger partial charge in [-0.1, -0.05) is 0 Å². The Kier molecular flexibility index (Phi) is 1.64. The fraction of sp³-hybridized carbons (Fsp3) is 0.500. The van der Waals surface area contributed by atoms with Crippen LogP contribution >= 0.6 is 0 Å². The molecule has 0 aliphatic carbocycles. The third-order valence-corrected chi connectivity index (χ3v) is 0.809. The topological polar surface area (TPSA) is 85.2 Å². The van der Waals surface area contributed by atoms with Gasteiger partial charge in [0.1, 0.15) is 0 Å². The Labute approximate surface area is 51.5 Å². The highest BCUT2D eigenvalue weighted by Crippen LogP contribution is 1.96. The summed E-state index contributed by atoms with van der Waals surface area (Å²) in [5, 5.41) is 11.7. The molecule has 3 N–H and O–H groups in total. The van der Waals surface area contributed by atoms with E-state index < -0.39 is 0 Å². The lowest BCUT2D eigenvalue weighted by Gasteiger charge is -1.81. The molecule has 5 heteroatoms. The van der Waals surface area contributed by atoms with Crippen LogP contribution in [0.4, 0.5) is 5.95 Å². The van der Waals surface area contributed by atoms with Crippen molar-refractivity contribution >= 4 is 5.95 Å². The van der Waals surface area contributed by atoms with Crippen molar-refractivity contribution in [3.8, 4) is 0 Å². The van der Waals surface area contributed by atoms with Crippen molar-refractivity contribution in [3.05, 3.63) is 5.89 Å². The molecular weight excluding hydrogens is 122 g/mol. The monoisotopic (exact) mass is 129 g/mol. The number of nitrogens with zero attached hydrogens (tertiary/aromatic N) is 2. The molecule has 1 aromatic heterocycles. The predicted octanol–water partition coefficient (Wildman–Crippen LogP) is -0.813. The lowest BCUT2D eigenvalue weighted by atomic mass is 10.5. The summed E-state index contributed by atoms with van der Waals surface area (Å²) in [4.78, 5) is 3.64. The van der Waals surface area contributed by atoms with Crippen molar-refractivity contribution in [2.45, 2.75) is 6.42 Å². The van der Waals surface area contributed by atoms with Crippen molar-refractivity contribution in [1.82, 2.24) is 10.1 Å². The van der Waals surface area contributed by atoms with E-state index in [4.69, 9.17) is 10.8 Å². The molecule has 0 atom stereocenters. The van der Waals surface area contributed by atoms with E-state index in [2.05, 4.69) is 14.7 Å². The van der Waals surface area contributed by atoms with Crippen LogP contribution in [0.2, 0.25) is 0 Å². The zero-order valence-electron chi connectivity index (χ0n) is 4.74. The molecule has 1 heterocycles. The largest absolute Gasteiger partial charge is 0.396 e. The average Bonchev–Trinajstić information content (AvgIpc) is 2.17. The average molecular weight is 129 g/mol.